The van der Waals surface area contributed by atoms with E-state index in [1.54, 1.807) is 5.38 Å². The van der Waals surface area contributed by atoms with E-state index in [9.17, 15) is 19.5 Å². The van der Waals surface area contributed by atoms with Crippen LogP contribution in [0.5, 0.6) is 0 Å². The van der Waals surface area contributed by atoms with Gasteiger partial charge in [0.05, 0.1) is 19.6 Å². The van der Waals surface area contributed by atoms with Crippen LogP contribution in [0.4, 0.5) is 5.13 Å². The number of likely N-dealkylation sites (tertiary alicyclic amines) is 1. The summed E-state index contributed by atoms with van der Waals surface area (Å²) in [7, 11) is 3.44. The molecule has 0 bridgehead atoms. The van der Waals surface area contributed by atoms with E-state index in [4.69, 9.17) is 10.6 Å². The number of anilines is 1. The smallest absolute Gasteiger partial charge is 0.352 e. The number of nitrogens with one attached hydrogen (secondary N) is 1. The molecule has 4 N–H and O–H groups in total. The topological polar surface area (TPSA) is 147 Å². The summed E-state index contributed by atoms with van der Waals surface area (Å²) < 4.78 is 0.771. The van der Waals surface area contributed by atoms with E-state index in [1.807, 2.05) is 0 Å². The monoisotopic (exact) mass is 495 g/mol. The molecule has 3 unspecified atom stereocenters. The third-order valence-electron chi connectivity index (χ3n) is 6.61. The van der Waals surface area contributed by atoms with Crippen molar-refractivity contribution in [1.29, 1.82) is 0 Å². The number of amides is 2. The zero-order chi connectivity index (χ0) is 23.9. The summed E-state index contributed by atoms with van der Waals surface area (Å²) in [6.45, 7) is 3.77. The largest absolute Gasteiger partial charge is 0.477 e. The lowest BCUT2D eigenvalue weighted by Gasteiger charge is -2.50. The van der Waals surface area contributed by atoms with Crippen LogP contribution < -0.4 is 11.1 Å². The first kappa shape index (κ1) is 23.5. The Morgan fingerprint density at radius 3 is 2.82 bits per heavy atom. The van der Waals surface area contributed by atoms with Gasteiger partial charge in [-0.25, -0.2) is 9.78 Å². The third-order valence-corrected chi connectivity index (χ3v) is 8.62. The number of fused-ring (bicyclic) bond motifs is 1. The molecule has 178 valence electrons. The van der Waals surface area contributed by atoms with Crippen molar-refractivity contribution in [3.05, 3.63) is 22.3 Å². The summed E-state index contributed by atoms with van der Waals surface area (Å²) in [5, 5.41) is 17.7. The Labute approximate surface area is 199 Å². The number of rotatable bonds is 7. The summed E-state index contributed by atoms with van der Waals surface area (Å²) in [6, 6.07) is -0.431. The summed E-state index contributed by atoms with van der Waals surface area (Å²) in [4.78, 5) is 48.1. The summed E-state index contributed by atoms with van der Waals surface area (Å²) in [5.74, 6) is -1.73. The van der Waals surface area contributed by atoms with Gasteiger partial charge in [-0.15, -0.1) is 23.1 Å². The number of carboxylic acids is 1. The molecular formula is C20H27N6O5S2+. The molecule has 3 aliphatic rings. The fourth-order valence-corrected chi connectivity index (χ4v) is 6.54. The summed E-state index contributed by atoms with van der Waals surface area (Å²) >= 11 is 2.61. The average Bonchev–Trinajstić information content (AvgIpc) is 3.34. The van der Waals surface area contributed by atoms with Crippen molar-refractivity contribution >= 4 is 51.7 Å². The molecule has 0 aromatic carbocycles. The van der Waals surface area contributed by atoms with Gasteiger partial charge in [0, 0.05) is 29.5 Å². The highest BCUT2D eigenvalue weighted by molar-refractivity contribution is 8.00. The maximum atomic E-state index is 13.0. The first-order valence-electron chi connectivity index (χ1n) is 10.5. The second-order valence-corrected chi connectivity index (χ2v) is 10.7. The number of thiazole rings is 1. The molecule has 11 nitrogen and oxygen atoms in total. The number of hydrogen-bond donors (Lipinski definition) is 3. The molecule has 1 aromatic rings. The predicted molar refractivity (Wildman–Crippen MR) is 124 cm³/mol. The van der Waals surface area contributed by atoms with E-state index >= 15 is 0 Å². The molecule has 0 spiro atoms. The molecule has 2 saturated heterocycles. The van der Waals surface area contributed by atoms with Crippen LogP contribution in [0.25, 0.3) is 0 Å². The number of nitrogens with zero attached hydrogens (tertiary/aromatic N) is 4. The number of thioether (sulfide) groups is 1. The predicted octanol–water partition coefficient (Wildman–Crippen LogP) is 0.443. The lowest BCUT2D eigenvalue weighted by Crippen LogP contribution is -2.71. The number of carboxylic acid groups (broad SMARTS) is 1. The van der Waals surface area contributed by atoms with Crippen molar-refractivity contribution in [2.24, 2.45) is 5.16 Å². The maximum Gasteiger partial charge on any atom is 0.352 e. The lowest BCUT2D eigenvalue weighted by atomic mass is 10.0. The lowest BCUT2D eigenvalue weighted by molar-refractivity contribution is -0.914. The molecule has 2 amide bonds. The Bertz CT molecular complexity index is 1060. The number of likely N-dealkylation sites (N-methyl/N-ethyl adjacent to an activating group) is 1. The molecule has 0 radical (unpaired) electrons. The van der Waals surface area contributed by atoms with Crippen molar-refractivity contribution in [3.63, 3.8) is 0 Å². The van der Waals surface area contributed by atoms with E-state index in [0.29, 0.717) is 18.3 Å². The van der Waals surface area contributed by atoms with Crippen LogP contribution in [0.3, 0.4) is 0 Å². The standard InChI is InChI=1S/C20H26N6O5S2/c1-10-5-4-6-26(10,2)7-11-8-32-18-14(17(28)25(18)15(11)19(29)30)23-16(27)13(24-31-3)12-9-33-20(21)22-12/h9-10,14,18H,4-8H2,1-3H3,(H3-,21,22,23,27,29,30)/p+1/b24-13-/t10?,14?,18-,26?/m0/s1. The number of nitrogens with two attached hydrogens (primary N) is 1. The molecule has 4 atom stereocenters. The van der Waals surface area contributed by atoms with Crippen LogP contribution in [-0.4, -0.2) is 93.4 Å². The minimum Gasteiger partial charge on any atom is -0.477 e. The minimum atomic E-state index is -1.12. The highest BCUT2D eigenvalue weighted by Crippen LogP contribution is 2.41. The first-order chi connectivity index (χ1) is 15.7. The first-order valence-corrected chi connectivity index (χ1v) is 12.5. The number of oxime groups is 1. The van der Waals surface area contributed by atoms with Crippen LogP contribution in [0.2, 0.25) is 0 Å². The Hall–Kier alpha value is -2.64. The van der Waals surface area contributed by atoms with Crippen LogP contribution in [0.15, 0.2) is 21.8 Å². The van der Waals surface area contributed by atoms with E-state index in [-0.39, 0.29) is 22.2 Å². The van der Waals surface area contributed by atoms with Crippen molar-refractivity contribution in [1.82, 2.24) is 15.2 Å². The number of carbonyl (C=O) groups is 3. The summed E-state index contributed by atoms with van der Waals surface area (Å²) in [6.07, 6.45) is 2.21. The SMILES string of the molecule is CO/N=C(\C(=O)NC1C(=O)N2C(C(=O)O)=C(C[N+]3(C)CCCC3C)CS[C@@H]12)c1csc(N)n1. The molecule has 4 heterocycles. The Balaban J connectivity index is 1.53. The molecular weight excluding hydrogens is 468 g/mol. The van der Waals surface area contributed by atoms with Crippen molar-refractivity contribution in [2.45, 2.75) is 37.2 Å². The number of quaternary nitrogens is 1. The van der Waals surface area contributed by atoms with Gasteiger partial charge in [0.15, 0.2) is 10.8 Å². The van der Waals surface area contributed by atoms with Crippen molar-refractivity contribution < 1.29 is 28.8 Å². The van der Waals surface area contributed by atoms with E-state index in [1.165, 1.54) is 23.8 Å². The molecule has 3 aliphatic heterocycles. The molecule has 13 heteroatoms. The highest BCUT2D eigenvalue weighted by Gasteiger charge is 2.55. The second kappa shape index (κ2) is 8.95. The molecule has 0 aliphatic carbocycles. The zero-order valence-electron chi connectivity index (χ0n) is 18.6. The van der Waals surface area contributed by atoms with Gasteiger partial charge in [0.2, 0.25) is 0 Å². The fourth-order valence-electron chi connectivity index (χ4n) is 4.66. The van der Waals surface area contributed by atoms with Gasteiger partial charge < -0.3 is 25.5 Å². The highest BCUT2D eigenvalue weighted by atomic mass is 32.2. The third kappa shape index (κ3) is 4.20. The van der Waals surface area contributed by atoms with Gasteiger partial charge in [-0.1, -0.05) is 5.16 Å². The number of aliphatic carboxylic acids is 1. The van der Waals surface area contributed by atoms with Crippen LogP contribution >= 0.6 is 23.1 Å². The number of hydrogen-bond acceptors (Lipinski definition) is 9. The number of aromatic nitrogens is 1. The Morgan fingerprint density at radius 1 is 1.48 bits per heavy atom. The van der Waals surface area contributed by atoms with Gasteiger partial charge in [-0.05, 0) is 6.92 Å². The van der Waals surface area contributed by atoms with Crippen LogP contribution in [0, 0.1) is 0 Å². The van der Waals surface area contributed by atoms with E-state index in [2.05, 4.69) is 29.4 Å². The van der Waals surface area contributed by atoms with Gasteiger partial charge in [-0.3, -0.25) is 14.5 Å². The number of nitrogen functional groups attached to an aromatic ring is 1. The van der Waals surface area contributed by atoms with Crippen molar-refractivity contribution in [2.75, 3.05) is 38.7 Å². The summed E-state index contributed by atoms with van der Waals surface area (Å²) in [5.41, 5.74) is 6.59. The number of carbonyl (C=O) groups excluding carboxylic acids is 2. The molecule has 1 aromatic heterocycles. The molecule has 33 heavy (non-hydrogen) atoms. The van der Waals surface area contributed by atoms with E-state index < -0.39 is 29.2 Å². The van der Waals surface area contributed by atoms with Gasteiger partial charge in [0.25, 0.3) is 11.8 Å². The molecule has 4 rings (SSSR count). The normalized spacial score (nSPS) is 29.5. The Kier molecular flexibility index (Phi) is 6.38. The quantitative estimate of drug-likeness (QED) is 0.214. The van der Waals surface area contributed by atoms with Crippen LogP contribution in [0.1, 0.15) is 25.5 Å². The maximum absolute atomic E-state index is 13.0. The van der Waals surface area contributed by atoms with Crippen molar-refractivity contribution in [3.8, 4) is 0 Å². The Morgan fingerprint density at radius 2 is 2.24 bits per heavy atom. The van der Waals surface area contributed by atoms with Gasteiger partial charge in [0.1, 0.15) is 36.5 Å². The number of β-lactam (4-membered cyclic amide) rings is 1. The van der Waals surface area contributed by atoms with E-state index in [0.717, 1.165) is 40.8 Å². The molecule has 0 saturated carbocycles. The van der Waals surface area contributed by atoms with Gasteiger partial charge >= 0.3 is 5.97 Å². The minimum absolute atomic E-state index is 0.0470. The second-order valence-electron chi connectivity index (χ2n) is 8.66. The zero-order valence-corrected chi connectivity index (χ0v) is 20.2. The molecule has 2 fully saturated rings. The van der Waals surface area contributed by atoms with Crippen LogP contribution in [-0.2, 0) is 19.2 Å². The fraction of sp³-hybridized carbons (Fsp3) is 0.550. The average molecular weight is 496 g/mol. The van der Waals surface area contributed by atoms with Gasteiger partial charge in [-0.2, -0.15) is 0 Å².